The number of carbonyl (C=O) groups excluding carboxylic acids is 2. The number of nitrogens with one attached hydrogen (secondary N) is 4. The van der Waals surface area contributed by atoms with Crippen LogP contribution >= 0.6 is 0 Å². The molecule has 4 N–H and O–H groups in total. The summed E-state index contributed by atoms with van der Waals surface area (Å²) in [5.74, 6) is -0.109. The summed E-state index contributed by atoms with van der Waals surface area (Å²) in [4.78, 5) is 24.3. The first kappa shape index (κ1) is 21.4. The molecule has 7 nitrogen and oxygen atoms in total. The molecule has 1 aliphatic rings. The molecule has 8 heteroatoms. The third-order valence-corrected chi connectivity index (χ3v) is 7.99. The second kappa shape index (κ2) is 9.44. The van der Waals surface area contributed by atoms with Gasteiger partial charge in [-0.3, -0.25) is 0 Å². The van der Waals surface area contributed by atoms with Crippen molar-refractivity contribution < 1.29 is 14.3 Å². The molecule has 2 aromatic rings. The zero-order valence-corrected chi connectivity index (χ0v) is 18.8. The predicted octanol–water partition coefficient (Wildman–Crippen LogP) is 2.10. The van der Waals surface area contributed by atoms with Crippen LogP contribution in [0.4, 0.5) is 16.2 Å². The number of anilines is 2. The topological polar surface area (TPSA) is 91.5 Å². The molecule has 0 bridgehead atoms. The number of ether oxygens (including phenoxy) is 1. The maximum atomic E-state index is 12.4. The van der Waals surface area contributed by atoms with E-state index in [0.717, 1.165) is 24.3 Å². The van der Waals surface area contributed by atoms with Crippen molar-refractivity contribution in [1.82, 2.24) is 8.47 Å². The molecule has 0 saturated carbocycles. The summed E-state index contributed by atoms with van der Waals surface area (Å²) in [6.45, 7) is 7.45. The van der Waals surface area contributed by atoms with E-state index < -0.39 is 26.8 Å². The zero-order chi connectivity index (χ0) is 20.9. The van der Waals surface area contributed by atoms with Gasteiger partial charge in [0.15, 0.2) is 0 Å². The fourth-order valence-electron chi connectivity index (χ4n) is 2.84. The van der Waals surface area contributed by atoms with Crippen LogP contribution in [0.1, 0.15) is 26.3 Å². The van der Waals surface area contributed by atoms with Gasteiger partial charge in [0, 0.05) is 0 Å². The molecule has 1 heterocycles. The van der Waals surface area contributed by atoms with E-state index in [1.54, 1.807) is 18.2 Å². The predicted molar refractivity (Wildman–Crippen MR) is 116 cm³/mol. The molecule has 1 fully saturated rings. The minimum atomic E-state index is -1.31. The third kappa shape index (κ3) is 6.89. The molecular formula is C21H27AsN4O3. The van der Waals surface area contributed by atoms with Gasteiger partial charge < -0.3 is 4.74 Å². The van der Waals surface area contributed by atoms with Gasteiger partial charge in [0.2, 0.25) is 0 Å². The number of amides is 2. The monoisotopic (exact) mass is 458 g/mol. The summed E-state index contributed by atoms with van der Waals surface area (Å²) in [7, 11) is 0. The molecule has 0 atom stereocenters. The van der Waals surface area contributed by atoms with Crippen molar-refractivity contribution in [3.8, 4) is 0 Å². The average Bonchev–Trinajstić information content (AvgIpc) is 3.15. The number of rotatable bonds is 5. The van der Waals surface area contributed by atoms with Crippen molar-refractivity contribution in [1.29, 1.82) is 0 Å². The first-order valence-electron chi connectivity index (χ1n) is 9.54. The first-order chi connectivity index (χ1) is 13.8. The van der Waals surface area contributed by atoms with Gasteiger partial charge in [-0.1, -0.05) is 0 Å². The van der Waals surface area contributed by atoms with Gasteiger partial charge in [-0.2, -0.15) is 0 Å². The van der Waals surface area contributed by atoms with E-state index in [0.29, 0.717) is 5.69 Å². The molecule has 1 aliphatic heterocycles. The second-order valence-corrected chi connectivity index (χ2v) is 11.6. The molecule has 3 rings (SSSR count). The summed E-state index contributed by atoms with van der Waals surface area (Å²) in [6.07, 6.45) is -0.304. The van der Waals surface area contributed by atoms with Gasteiger partial charge in [-0.05, 0) is 20.8 Å². The van der Waals surface area contributed by atoms with E-state index in [1.165, 1.54) is 4.35 Å². The number of hydrogen-bond donors (Lipinski definition) is 4. The van der Waals surface area contributed by atoms with E-state index in [4.69, 9.17) is 4.74 Å². The average molecular weight is 458 g/mol. The quantitative estimate of drug-likeness (QED) is 0.516. The molecule has 1 saturated heterocycles. The van der Waals surface area contributed by atoms with Crippen molar-refractivity contribution in [3.63, 3.8) is 0 Å². The van der Waals surface area contributed by atoms with E-state index in [9.17, 15) is 9.59 Å². The van der Waals surface area contributed by atoms with E-state index in [-0.39, 0.29) is 12.3 Å². The van der Waals surface area contributed by atoms with Gasteiger partial charge in [0.05, 0.1) is 0 Å². The molecule has 0 radical (unpaired) electrons. The molecule has 0 aromatic heterocycles. The second-order valence-electron chi connectivity index (χ2n) is 7.75. The summed E-state index contributed by atoms with van der Waals surface area (Å²) >= 11 is -1.31. The van der Waals surface area contributed by atoms with Crippen molar-refractivity contribution in [2.24, 2.45) is 0 Å². The van der Waals surface area contributed by atoms with Crippen molar-refractivity contribution in [2.45, 2.75) is 32.8 Å². The first-order valence-corrected chi connectivity index (χ1v) is 12.4. The fraction of sp³-hybridized carbons (Fsp3) is 0.333. The summed E-state index contributed by atoms with van der Waals surface area (Å²) in [5.41, 5.74) is 1.61. The van der Waals surface area contributed by atoms with Gasteiger partial charge in [0.1, 0.15) is 5.60 Å². The third-order valence-electron chi connectivity index (χ3n) is 4.01. The van der Waals surface area contributed by atoms with E-state index >= 15 is 0 Å². The Balaban J connectivity index is 1.54. The van der Waals surface area contributed by atoms with Crippen LogP contribution in [0.5, 0.6) is 0 Å². The van der Waals surface area contributed by atoms with Crippen LogP contribution in [0.3, 0.4) is 0 Å². The van der Waals surface area contributed by atoms with Gasteiger partial charge in [-0.25, -0.2) is 4.79 Å². The number of benzene rings is 2. The standard InChI is InChI=1S/C21H27AsN4O3/c1-21(2,3)29-20(28)26-18-6-4-5-15(13-18)14-19(27)25-17-9-7-16(8-10-17)22-23-11-12-24-22/h4-10,13,23-24H,11-12,14H2,1-3H3,(H,25,27)(H,26,28). The number of hydrogen-bond acceptors (Lipinski definition) is 5. The van der Waals surface area contributed by atoms with Crippen LogP contribution in [0.25, 0.3) is 0 Å². The minimum absolute atomic E-state index is 0.109. The Labute approximate surface area is 176 Å². The molecule has 0 aliphatic carbocycles. The molecule has 154 valence electrons. The molecule has 0 unspecified atom stereocenters. The van der Waals surface area contributed by atoms with Crippen LogP contribution in [0.2, 0.25) is 0 Å². The fourth-order valence-corrected chi connectivity index (χ4v) is 6.19. The Hall–Kier alpha value is -2.34. The van der Waals surface area contributed by atoms with Crippen LogP contribution < -0.4 is 23.5 Å². The van der Waals surface area contributed by atoms with Crippen LogP contribution in [-0.2, 0) is 16.0 Å². The van der Waals surface area contributed by atoms with Crippen LogP contribution in [-0.4, -0.2) is 45.8 Å². The van der Waals surface area contributed by atoms with Crippen LogP contribution in [0.15, 0.2) is 48.5 Å². The summed E-state index contributed by atoms with van der Waals surface area (Å²) < 4.78 is 13.5. The van der Waals surface area contributed by atoms with E-state index in [1.807, 2.05) is 39.0 Å². The molecular weight excluding hydrogens is 431 g/mol. The van der Waals surface area contributed by atoms with Crippen molar-refractivity contribution in [2.75, 3.05) is 23.7 Å². The Kier molecular flexibility index (Phi) is 6.95. The Morgan fingerprint density at radius 1 is 1.00 bits per heavy atom. The van der Waals surface area contributed by atoms with Gasteiger partial charge >= 0.3 is 140 Å². The molecule has 2 amide bonds. The Morgan fingerprint density at radius 3 is 2.34 bits per heavy atom. The van der Waals surface area contributed by atoms with Gasteiger partial charge in [-0.15, -0.1) is 0 Å². The molecule has 2 aromatic carbocycles. The maximum absolute atomic E-state index is 12.4. The molecule has 0 spiro atoms. The van der Waals surface area contributed by atoms with Crippen molar-refractivity contribution >= 4 is 42.8 Å². The van der Waals surface area contributed by atoms with Crippen LogP contribution in [0, 0.1) is 0 Å². The number of carbonyl (C=O) groups is 2. The molecule has 29 heavy (non-hydrogen) atoms. The summed E-state index contributed by atoms with van der Waals surface area (Å²) in [6, 6.07) is 15.2. The summed E-state index contributed by atoms with van der Waals surface area (Å²) in [5, 5.41) is 5.62. The van der Waals surface area contributed by atoms with Gasteiger partial charge in [0.25, 0.3) is 0 Å². The SMILES string of the molecule is CC(C)(C)OC(=O)Nc1cccc(CC(=O)Nc2ccc([As]3NCCN3)cc2)c1. The normalized spacial score (nSPS) is 14.4. The van der Waals surface area contributed by atoms with E-state index in [2.05, 4.69) is 31.2 Å². The zero-order valence-electron chi connectivity index (χ0n) is 16.9. The van der Waals surface area contributed by atoms with Crippen molar-refractivity contribution in [3.05, 3.63) is 54.1 Å². The Bertz CT molecular complexity index is 859. The Morgan fingerprint density at radius 2 is 1.69 bits per heavy atom.